The number of carbonyl (C=O) groups is 1. The van der Waals surface area contributed by atoms with Gasteiger partial charge in [-0.3, -0.25) is 4.79 Å². The summed E-state index contributed by atoms with van der Waals surface area (Å²) in [6.45, 7) is 12.0. The summed E-state index contributed by atoms with van der Waals surface area (Å²) in [6, 6.07) is 0. The number of allylic oxidation sites excluding steroid dienone is 1. The van der Waals surface area contributed by atoms with Gasteiger partial charge in [0.2, 0.25) is 5.91 Å². The Kier molecular flexibility index (Phi) is 3.73. The van der Waals surface area contributed by atoms with Crippen molar-refractivity contribution in [2.45, 2.75) is 33.6 Å². The molecule has 0 aromatic carbocycles. The van der Waals surface area contributed by atoms with Gasteiger partial charge in [-0.1, -0.05) is 26.0 Å². The Morgan fingerprint density at radius 2 is 1.86 bits per heavy atom. The van der Waals surface area contributed by atoms with E-state index in [1.54, 1.807) is 6.92 Å². The molecule has 1 heterocycles. The van der Waals surface area contributed by atoms with Gasteiger partial charge in [-0.2, -0.15) is 0 Å². The molecule has 0 aliphatic carbocycles. The minimum absolute atomic E-state index is 0.207. The highest BCUT2D eigenvalue weighted by atomic mass is 16.2. The predicted octanol–water partition coefficient (Wildman–Crippen LogP) is 2.46. The predicted molar refractivity (Wildman–Crippen MR) is 59.0 cm³/mol. The molecule has 1 aliphatic rings. The first-order valence-corrected chi connectivity index (χ1v) is 5.46. The zero-order chi connectivity index (χ0) is 10.7. The SMILES string of the molecule is C=C(C(C)C)C1CCN(C(C)=O)CC1. The normalized spacial score (nSPS) is 18.7. The van der Waals surface area contributed by atoms with Crippen LogP contribution in [-0.4, -0.2) is 23.9 Å². The quantitative estimate of drug-likeness (QED) is 0.620. The van der Waals surface area contributed by atoms with Crippen molar-refractivity contribution < 1.29 is 4.79 Å². The maximum absolute atomic E-state index is 11.1. The standard InChI is InChI=1S/C12H21NO/c1-9(2)10(3)12-5-7-13(8-6-12)11(4)14/h9,12H,3,5-8H2,1-2,4H3. The molecule has 1 aliphatic heterocycles. The van der Waals surface area contributed by atoms with E-state index in [1.807, 2.05) is 4.90 Å². The maximum atomic E-state index is 11.1. The topological polar surface area (TPSA) is 20.3 Å². The van der Waals surface area contributed by atoms with Crippen molar-refractivity contribution in [1.82, 2.24) is 4.90 Å². The monoisotopic (exact) mass is 195 g/mol. The van der Waals surface area contributed by atoms with Crippen molar-refractivity contribution in [3.8, 4) is 0 Å². The number of piperidine rings is 1. The third-order valence-electron chi connectivity index (χ3n) is 3.21. The number of carbonyl (C=O) groups excluding carboxylic acids is 1. The molecule has 0 unspecified atom stereocenters. The van der Waals surface area contributed by atoms with Crippen molar-refractivity contribution >= 4 is 5.91 Å². The summed E-state index contributed by atoms with van der Waals surface area (Å²) in [5.74, 6) is 1.41. The molecule has 0 aromatic rings. The number of amides is 1. The zero-order valence-corrected chi connectivity index (χ0v) is 9.55. The van der Waals surface area contributed by atoms with Gasteiger partial charge in [-0.05, 0) is 24.7 Å². The van der Waals surface area contributed by atoms with E-state index in [1.165, 1.54) is 5.57 Å². The Hall–Kier alpha value is -0.790. The Morgan fingerprint density at radius 1 is 1.36 bits per heavy atom. The van der Waals surface area contributed by atoms with Crippen LogP contribution in [0.1, 0.15) is 33.6 Å². The third kappa shape index (κ3) is 2.60. The Morgan fingerprint density at radius 3 is 2.21 bits per heavy atom. The summed E-state index contributed by atoms with van der Waals surface area (Å²) in [6.07, 6.45) is 2.19. The highest BCUT2D eigenvalue weighted by Gasteiger charge is 2.23. The largest absolute Gasteiger partial charge is 0.343 e. The average Bonchev–Trinajstić information content (AvgIpc) is 2.16. The third-order valence-corrected chi connectivity index (χ3v) is 3.21. The lowest BCUT2D eigenvalue weighted by Crippen LogP contribution is -2.37. The van der Waals surface area contributed by atoms with Crippen molar-refractivity contribution in [1.29, 1.82) is 0 Å². The minimum atomic E-state index is 0.207. The van der Waals surface area contributed by atoms with Gasteiger partial charge in [0.15, 0.2) is 0 Å². The highest BCUT2D eigenvalue weighted by molar-refractivity contribution is 5.73. The van der Waals surface area contributed by atoms with E-state index in [0.717, 1.165) is 25.9 Å². The summed E-state index contributed by atoms with van der Waals surface area (Å²) in [7, 11) is 0. The van der Waals surface area contributed by atoms with Gasteiger partial charge in [-0.25, -0.2) is 0 Å². The molecule has 80 valence electrons. The molecule has 1 fully saturated rings. The molecule has 0 radical (unpaired) electrons. The van der Waals surface area contributed by atoms with Gasteiger partial charge in [-0.15, -0.1) is 0 Å². The van der Waals surface area contributed by atoms with Crippen LogP contribution in [0.25, 0.3) is 0 Å². The first kappa shape index (κ1) is 11.3. The first-order valence-electron chi connectivity index (χ1n) is 5.46. The molecule has 0 aromatic heterocycles. The van der Waals surface area contributed by atoms with Crippen LogP contribution in [-0.2, 0) is 4.79 Å². The van der Waals surface area contributed by atoms with Crippen molar-refractivity contribution in [2.24, 2.45) is 11.8 Å². The molecule has 1 rings (SSSR count). The lowest BCUT2D eigenvalue weighted by atomic mass is 9.84. The fourth-order valence-corrected chi connectivity index (χ4v) is 2.04. The highest BCUT2D eigenvalue weighted by Crippen LogP contribution is 2.27. The molecule has 0 saturated carbocycles. The first-order chi connectivity index (χ1) is 6.52. The van der Waals surface area contributed by atoms with Crippen LogP contribution in [0.5, 0.6) is 0 Å². The fraction of sp³-hybridized carbons (Fsp3) is 0.750. The second-order valence-corrected chi connectivity index (χ2v) is 4.51. The Bertz CT molecular complexity index is 224. The van der Waals surface area contributed by atoms with Crippen LogP contribution in [0.4, 0.5) is 0 Å². The molecule has 2 nitrogen and oxygen atoms in total. The molecule has 1 amide bonds. The number of hydrogen-bond donors (Lipinski definition) is 0. The van der Waals surface area contributed by atoms with Gasteiger partial charge in [0.1, 0.15) is 0 Å². The van der Waals surface area contributed by atoms with Crippen LogP contribution in [0.3, 0.4) is 0 Å². The van der Waals surface area contributed by atoms with E-state index < -0.39 is 0 Å². The molecular weight excluding hydrogens is 174 g/mol. The number of likely N-dealkylation sites (tertiary alicyclic amines) is 1. The van der Waals surface area contributed by atoms with Crippen LogP contribution in [0, 0.1) is 11.8 Å². The summed E-state index contributed by atoms with van der Waals surface area (Å²) in [5.41, 5.74) is 1.35. The Labute approximate surface area is 87.0 Å². The zero-order valence-electron chi connectivity index (χ0n) is 9.55. The Balaban J connectivity index is 2.43. The van der Waals surface area contributed by atoms with Crippen LogP contribution in [0.15, 0.2) is 12.2 Å². The molecule has 14 heavy (non-hydrogen) atoms. The second kappa shape index (κ2) is 4.63. The minimum Gasteiger partial charge on any atom is -0.343 e. The molecule has 0 atom stereocenters. The van der Waals surface area contributed by atoms with Gasteiger partial charge in [0.25, 0.3) is 0 Å². The molecule has 1 saturated heterocycles. The fourth-order valence-electron chi connectivity index (χ4n) is 2.04. The average molecular weight is 195 g/mol. The van der Waals surface area contributed by atoms with Crippen LogP contribution in [0.2, 0.25) is 0 Å². The second-order valence-electron chi connectivity index (χ2n) is 4.51. The smallest absolute Gasteiger partial charge is 0.219 e. The summed E-state index contributed by atoms with van der Waals surface area (Å²) < 4.78 is 0. The molecule has 0 N–H and O–H groups in total. The van der Waals surface area contributed by atoms with Gasteiger partial charge >= 0.3 is 0 Å². The number of nitrogens with zero attached hydrogens (tertiary/aromatic N) is 1. The van der Waals surface area contributed by atoms with E-state index in [0.29, 0.717) is 11.8 Å². The van der Waals surface area contributed by atoms with E-state index >= 15 is 0 Å². The number of rotatable bonds is 2. The van der Waals surface area contributed by atoms with E-state index in [-0.39, 0.29) is 5.91 Å². The molecule has 0 spiro atoms. The van der Waals surface area contributed by atoms with Gasteiger partial charge in [0.05, 0.1) is 0 Å². The summed E-state index contributed by atoms with van der Waals surface area (Å²) in [4.78, 5) is 13.0. The van der Waals surface area contributed by atoms with Crippen LogP contribution < -0.4 is 0 Å². The van der Waals surface area contributed by atoms with E-state index in [4.69, 9.17) is 0 Å². The van der Waals surface area contributed by atoms with Gasteiger partial charge < -0.3 is 4.90 Å². The summed E-state index contributed by atoms with van der Waals surface area (Å²) in [5, 5.41) is 0. The van der Waals surface area contributed by atoms with E-state index in [9.17, 15) is 4.79 Å². The van der Waals surface area contributed by atoms with E-state index in [2.05, 4.69) is 20.4 Å². The molecule has 0 bridgehead atoms. The molecule has 2 heteroatoms. The van der Waals surface area contributed by atoms with Crippen molar-refractivity contribution in [3.63, 3.8) is 0 Å². The lowest BCUT2D eigenvalue weighted by Gasteiger charge is -2.33. The van der Waals surface area contributed by atoms with Crippen molar-refractivity contribution in [2.75, 3.05) is 13.1 Å². The number of hydrogen-bond acceptors (Lipinski definition) is 1. The summed E-state index contributed by atoms with van der Waals surface area (Å²) >= 11 is 0. The lowest BCUT2D eigenvalue weighted by molar-refractivity contribution is -0.130. The maximum Gasteiger partial charge on any atom is 0.219 e. The molecular formula is C12H21NO. The van der Waals surface area contributed by atoms with Gasteiger partial charge in [0, 0.05) is 20.0 Å². The van der Waals surface area contributed by atoms with Crippen molar-refractivity contribution in [3.05, 3.63) is 12.2 Å². The van der Waals surface area contributed by atoms with Crippen LogP contribution >= 0.6 is 0 Å².